The van der Waals surface area contributed by atoms with Gasteiger partial charge in [0.05, 0.1) is 24.0 Å². The zero-order chi connectivity index (χ0) is 29.4. The normalized spacial score (nSPS) is 22.5. The van der Waals surface area contributed by atoms with Crippen LogP contribution >= 0.6 is 0 Å². The van der Waals surface area contributed by atoms with E-state index >= 15 is 0 Å². The summed E-state index contributed by atoms with van der Waals surface area (Å²) in [4.78, 5) is 45.0. The van der Waals surface area contributed by atoms with Crippen molar-refractivity contribution in [3.05, 3.63) is 96.1 Å². The fraction of sp³-hybridized carbons (Fsp3) is 0.324. The number of nitrogens with zero attached hydrogens (tertiary/aromatic N) is 3. The molecule has 216 valence electrons. The average molecular weight is 566 g/mol. The molecule has 0 aliphatic carbocycles. The second-order valence-corrected chi connectivity index (χ2v) is 11.3. The van der Waals surface area contributed by atoms with Crippen molar-refractivity contribution in [3.8, 4) is 0 Å². The van der Waals surface area contributed by atoms with Gasteiger partial charge in [-0.3, -0.25) is 24.2 Å². The second kappa shape index (κ2) is 11.2. The van der Waals surface area contributed by atoms with Crippen LogP contribution in [0, 0.1) is 5.92 Å². The SMILES string of the molecule is C[C@H](/C=C/CC(=O)N1CCC[C@H]1CO)[C@@]1(O)C(=O)N(c2ccccc2)c2ccc(N3C(=O)CCc4ccccc43)cc21. The summed E-state index contributed by atoms with van der Waals surface area (Å²) in [5, 5.41) is 21.9. The van der Waals surface area contributed by atoms with E-state index < -0.39 is 17.4 Å². The van der Waals surface area contributed by atoms with Gasteiger partial charge in [-0.05, 0) is 61.2 Å². The van der Waals surface area contributed by atoms with Crippen molar-refractivity contribution in [2.75, 3.05) is 23.0 Å². The highest BCUT2D eigenvalue weighted by Crippen LogP contribution is 2.50. The predicted molar refractivity (Wildman–Crippen MR) is 161 cm³/mol. The average Bonchev–Trinajstić information content (AvgIpc) is 3.58. The number of likely N-dealkylation sites (tertiary alicyclic amines) is 1. The molecular weight excluding hydrogens is 530 g/mol. The molecule has 3 aromatic rings. The first-order valence-electron chi connectivity index (χ1n) is 14.6. The summed E-state index contributed by atoms with van der Waals surface area (Å²) in [5.41, 5.74) is 2.11. The Morgan fingerprint density at radius 3 is 2.52 bits per heavy atom. The molecule has 3 amide bonds. The number of aliphatic hydroxyl groups excluding tert-OH is 1. The number of carbonyl (C=O) groups is 3. The van der Waals surface area contributed by atoms with E-state index in [2.05, 4.69) is 0 Å². The van der Waals surface area contributed by atoms with Crippen LogP contribution in [0.3, 0.4) is 0 Å². The number of hydrogen-bond acceptors (Lipinski definition) is 5. The van der Waals surface area contributed by atoms with Crippen LogP contribution in [0.4, 0.5) is 22.7 Å². The molecule has 3 heterocycles. The summed E-state index contributed by atoms with van der Waals surface area (Å²) < 4.78 is 0. The van der Waals surface area contributed by atoms with Crippen molar-refractivity contribution >= 4 is 40.5 Å². The van der Waals surface area contributed by atoms with Crippen LogP contribution in [0.5, 0.6) is 0 Å². The molecule has 3 aromatic carbocycles. The molecule has 42 heavy (non-hydrogen) atoms. The smallest absolute Gasteiger partial charge is 0.268 e. The van der Waals surface area contributed by atoms with Crippen molar-refractivity contribution < 1.29 is 24.6 Å². The van der Waals surface area contributed by atoms with Crippen LogP contribution in [0.25, 0.3) is 0 Å². The zero-order valence-electron chi connectivity index (χ0n) is 23.6. The van der Waals surface area contributed by atoms with Crippen LogP contribution in [0.15, 0.2) is 84.9 Å². The number of hydrogen-bond donors (Lipinski definition) is 2. The van der Waals surface area contributed by atoms with Gasteiger partial charge in [-0.25, -0.2) is 0 Å². The Kier molecular flexibility index (Phi) is 7.43. The zero-order valence-corrected chi connectivity index (χ0v) is 23.6. The summed E-state index contributed by atoms with van der Waals surface area (Å²) in [7, 11) is 0. The van der Waals surface area contributed by atoms with Gasteiger partial charge < -0.3 is 15.1 Å². The number of rotatable bonds is 7. The van der Waals surface area contributed by atoms with E-state index in [4.69, 9.17) is 0 Å². The monoisotopic (exact) mass is 565 g/mol. The third-order valence-electron chi connectivity index (χ3n) is 8.81. The van der Waals surface area contributed by atoms with Gasteiger partial charge in [0.2, 0.25) is 11.8 Å². The Labute approximate surface area is 245 Å². The van der Waals surface area contributed by atoms with Gasteiger partial charge in [-0.1, -0.05) is 55.5 Å². The summed E-state index contributed by atoms with van der Waals surface area (Å²) in [6.45, 7) is 2.33. The molecule has 0 aromatic heterocycles. The summed E-state index contributed by atoms with van der Waals surface area (Å²) >= 11 is 0. The highest BCUT2D eigenvalue weighted by molar-refractivity contribution is 6.13. The van der Waals surface area contributed by atoms with Gasteiger partial charge >= 0.3 is 0 Å². The van der Waals surface area contributed by atoms with Crippen LogP contribution in [-0.4, -0.2) is 52.0 Å². The Morgan fingerprint density at radius 1 is 0.976 bits per heavy atom. The third kappa shape index (κ3) is 4.61. The summed E-state index contributed by atoms with van der Waals surface area (Å²) in [6.07, 6.45) is 6.21. The topological polar surface area (TPSA) is 101 Å². The molecular formula is C34H35N3O5. The lowest BCUT2D eigenvalue weighted by Crippen LogP contribution is -2.43. The lowest BCUT2D eigenvalue weighted by Gasteiger charge is -2.31. The van der Waals surface area contributed by atoms with Crippen LogP contribution in [-0.2, 0) is 26.4 Å². The number of aryl methyl sites for hydroxylation is 1. The van der Waals surface area contributed by atoms with Gasteiger partial charge in [-0.15, -0.1) is 0 Å². The Bertz CT molecular complexity index is 1550. The molecule has 3 aliphatic rings. The van der Waals surface area contributed by atoms with Crippen molar-refractivity contribution in [2.24, 2.45) is 5.92 Å². The number of amides is 3. The summed E-state index contributed by atoms with van der Waals surface area (Å²) in [6, 6.07) is 22.2. The largest absolute Gasteiger partial charge is 0.394 e. The molecule has 8 nitrogen and oxygen atoms in total. The quantitative estimate of drug-likeness (QED) is 0.404. The number of anilines is 4. The van der Waals surface area contributed by atoms with Gasteiger partial charge in [-0.2, -0.15) is 0 Å². The van der Waals surface area contributed by atoms with E-state index in [9.17, 15) is 24.6 Å². The van der Waals surface area contributed by atoms with Crippen LogP contribution in [0.1, 0.15) is 43.7 Å². The Balaban J connectivity index is 1.37. The van der Waals surface area contributed by atoms with E-state index in [1.165, 1.54) is 4.90 Å². The van der Waals surface area contributed by atoms with Gasteiger partial charge in [0.25, 0.3) is 5.91 Å². The standard InChI is InChI=1S/C34H35N3O5/c1-23(9-7-15-31(39)35-20-8-13-27(35)22-38)34(42)28-21-26(36-29-14-6-5-10-24(29)16-19-32(36)40)17-18-30(28)37(33(34)41)25-11-3-2-4-12-25/h2-7,9-12,14,17-18,21,23,27,38,42H,8,13,15-16,19-20,22H2,1H3/b9-7+/t23-,27+,34+/m1/s1. The molecule has 0 bridgehead atoms. The maximum absolute atomic E-state index is 14.1. The minimum absolute atomic E-state index is 0.0454. The molecule has 0 unspecified atom stereocenters. The molecule has 3 aliphatic heterocycles. The number of aliphatic hydroxyl groups is 2. The minimum Gasteiger partial charge on any atom is -0.394 e. The Hall–Kier alpha value is -4.27. The molecule has 2 N–H and O–H groups in total. The molecule has 6 rings (SSSR count). The molecule has 1 fully saturated rings. The van der Waals surface area contributed by atoms with Crippen molar-refractivity contribution in [2.45, 2.75) is 50.7 Å². The fourth-order valence-electron chi connectivity index (χ4n) is 6.53. The van der Waals surface area contributed by atoms with E-state index in [1.54, 1.807) is 41.0 Å². The van der Waals surface area contributed by atoms with E-state index in [0.717, 1.165) is 24.1 Å². The number of para-hydroxylation sites is 2. The maximum atomic E-state index is 14.1. The first-order valence-corrected chi connectivity index (χ1v) is 14.6. The molecule has 8 heteroatoms. The second-order valence-electron chi connectivity index (χ2n) is 11.3. The van der Waals surface area contributed by atoms with Crippen molar-refractivity contribution in [1.82, 2.24) is 4.90 Å². The molecule has 3 atom stereocenters. The molecule has 1 saturated heterocycles. The first kappa shape index (κ1) is 27.9. The van der Waals surface area contributed by atoms with E-state index in [1.807, 2.05) is 60.7 Å². The van der Waals surface area contributed by atoms with Crippen molar-refractivity contribution in [1.29, 1.82) is 0 Å². The van der Waals surface area contributed by atoms with Gasteiger partial charge in [0.1, 0.15) is 0 Å². The Morgan fingerprint density at radius 2 is 1.74 bits per heavy atom. The number of fused-ring (bicyclic) bond motifs is 2. The van der Waals surface area contributed by atoms with Crippen molar-refractivity contribution in [3.63, 3.8) is 0 Å². The highest BCUT2D eigenvalue weighted by atomic mass is 16.3. The van der Waals surface area contributed by atoms with Gasteiger partial charge in [0, 0.05) is 42.2 Å². The third-order valence-corrected chi connectivity index (χ3v) is 8.81. The van der Waals surface area contributed by atoms with Crippen LogP contribution < -0.4 is 9.80 Å². The highest BCUT2D eigenvalue weighted by Gasteiger charge is 2.53. The lowest BCUT2D eigenvalue weighted by atomic mass is 9.82. The predicted octanol–water partition coefficient (Wildman–Crippen LogP) is 4.73. The van der Waals surface area contributed by atoms with Crippen LogP contribution in [0.2, 0.25) is 0 Å². The molecule has 0 spiro atoms. The summed E-state index contributed by atoms with van der Waals surface area (Å²) in [5.74, 6) is -1.31. The molecule has 0 saturated carbocycles. The maximum Gasteiger partial charge on any atom is 0.268 e. The molecule has 0 radical (unpaired) electrons. The number of benzene rings is 3. The number of carbonyl (C=O) groups excluding carboxylic acids is 3. The van der Waals surface area contributed by atoms with E-state index in [0.29, 0.717) is 42.0 Å². The lowest BCUT2D eigenvalue weighted by molar-refractivity contribution is -0.138. The first-order chi connectivity index (χ1) is 20.3. The van der Waals surface area contributed by atoms with Gasteiger partial charge in [0.15, 0.2) is 5.60 Å². The van der Waals surface area contributed by atoms with E-state index in [-0.39, 0.29) is 30.9 Å². The minimum atomic E-state index is -1.93. The fourth-order valence-corrected chi connectivity index (χ4v) is 6.53.